The second-order valence-electron chi connectivity index (χ2n) is 4.94. The van der Waals surface area contributed by atoms with Crippen LogP contribution in [0.1, 0.15) is 30.2 Å². The molecule has 0 spiro atoms. The summed E-state index contributed by atoms with van der Waals surface area (Å²) in [5, 5.41) is 3.61. The second-order valence-corrected chi connectivity index (χ2v) is 4.94. The molecule has 2 heteroatoms. The first-order chi connectivity index (χ1) is 9.29. The lowest BCUT2D eigenvalue weighted by atomic mass is 10.0. The van der Waals surface area contributed by atoms with Gasteiger partial charge in [0.15, 0.2) is 0 Å². The molecule has 19 heavy (non-hydrogen) atoms. The average molecular weight is 254 g/mol. The van der Waals surface area contributed by atoms with E-state index in [1.807, 2.05) is 12.3 Å². The largest absolute Gasteiger partial charge is 0.308 e. The number of aromatic nitrogens is 1. The molecule has 0 aliphatic heterocycles. The summed E-state index contributed by atoms with van der Waals surface area (Å²) < 4.78 is 0. The molecule has 0 aliphatic carbocycles. The highest BCUT2D eigenvalue weighted by Gasteiger charge is 2.07. The summed E-state index contributed by atoms with van der Waals surface area (Å²) in [6, 6.07) is 15.3. The van der Waals surface area contributed by atoms with E-state index in [-0.39, 0.29) is 0 Å². The molecule has 0 fully saturated rings. The minimum atomic E-state index is 0.504. The Labute approximate surface area is 115 Å². The number of nitrogens with one attached hydrogen (secondary N) is 1. The average Bonchev–Trinajstić information content (AvgIpc) is 2.46. The fraction of sp³-hybridized carbons (Fsp3) is 0.353. The first-order valence-corrected chi connectivity index (χ1v) is 6.97. The van der Waals surface area contributed by atoms with Crippen LogP contribution in [0.15, 0.2) is 48.7 Å². The molecule has 2 aromatic rings. The van der Waals surface area contributed by atoms with Crippen molar-refractivity contribution < 1.29 is 0 Å². The van der Waals surface area contributed by atoms with Gasteiger partial charge in [0.05, 0.1) is 5.69 Å². The van der Waals surface area contributed by atoms with Gasteiger partial charge < -0.3 is 5.32 Å². The molecule has 0 aliphatic rings. The number of hydrogen-bond donors (Lipinski definition) is 1. The van der Waals surface area contributed by atoms with E-state index < -0.39 is 0 Å². The predicted octanol–water partition coefficient (Wildman–Crippen LogP) is 3.50. The molecule has 1 unspecified atom stereocenters. The molecule has 0 saturated carbocycles. The Kier molecular flexibility index (Phi) is 5.10. The molecule has 0 saturated heterocycles. The van der Waals surface area contributed by atoms with Gasteiger partial charge in [0.2, 0.25) is 0 Å². The fourth-order valence-corrected chi connectivity index (χ4v) is 2.20. The van der Waals surface area contributed by atoms with Crippen molar-refractivity contribution in [3.05, 3.63) is 65.5 Å². The predicted molar refractivity (Wildman–Crippen MR) is 80.0 cm³/mol. The molecule has 1 atom stereocenters. The van der Waals surface area contributed by atoms with E-state index in [4.69, 9.17) is 0 Å². The van der Waals surface area contributed by atoms with Gasteiger partial charge in [0.25, 0.3) is 0 Å². The van der Waals surface area contributed by atoms with Gasteiger partial charge in [-0.25, -0.2) is 0 Å². The molecule has 100 valence electrons. The zero-order chi connectivity index (χ0) is 13.5. The lowest BCUT2D eigenvalue weighted by Gasteiger charge is -2.17. The zero-order valence-electron chi connectivity index (χ0n) is 11.8. The van der Waals surface area contributed by atoms with Gasteiger partial charge in [-0.3, -0.25) is 4.98 Å². The topological polar surface area (TPSA) is 24.9 Å². The van der Waals surface area contributed by atoms with Crippen molar-refractivity contribution in [2.24, 2.45) is 0 Å². The summed E-state index contributed by atoms with van der Waals surface area (Å²) in [4.78, 5) is 4.43. The maximum atomic E-state index is 4.43. The Balaban J connectivity index is 1.91. The quantitative estimate of drug-likeness (QED) is 0.853. The fourth-order valence-electron chi connectivity index (χ4n) is 2.20. The zero-order valence-corrected chi connectivity index (χ0v) is 11.8. The van der Waals surface area contributed by atoms with E-state index in [0.717, 1.165) is 25.1 Å². The molecule has 1 heterocycles. The van der Waals surface area contributed by atoms with Crippen molar-refractivity contribution in [1.29, 1.82) is 0 Å². The van der Waals surface area contributed by atoms with E-state index >= 15 is 0 Å². The highest BCUT2D eigenvalue weighted by molar-refractivity contribution is 5.18. The van der Waals surface area contributed by atoms with Gasteiger partial charge in [-0.05, 0) is 37.0 Å². The molecule has 0 amide bonds. The van der Waals surface area contributed by atoms with Crippen LogP contribution in [-0.4, -0.2) is 11.0 Å². The lowest BCUT2D eigenvalue weighted by molar-refractivity contribution is 0.489. The van der Waals surface area contributed by atoms with Gasteiger partial charge in [-0.15, -0.1) is 0 Å². The van der Waals surface area contributed by atoms with Gasteiger partial charge in [-0.1, -0.05) is 43.3 Å². The molecule has 1 aromatic carbocycles. The molecular weight excluding hydrogens is 232 g/mol. The Bertz CT molecular complexity index is 494. The Morgan fingerprint density at radius 3 is 2.58 bits per heavy atom. The van der Waals surface area contributed by atoms with Crippen molar-refractivity contribution in [3.63, 3.8) is 0 Å². The van der Waals surface area contributed by atoms with Crippen LogP contribution in [0.4, 0.5) is 0 Å². The van der Waals surface area contributed by atoms with Gasteiger partial charge >= 0.3 is 0 Å². The van der Waals surface area contributed by atoms with Crippen LogP contribution in [0.2, 0.25) is 0 Å². The van der Waals surface area contributed by atoms with Crippen LogP contribution in [0.3, 0.4) is 0 Å². The van der Waals surface area contributed by atoms with Gasteiger partial charge in [0, 0.05) is 18.8 Å². The van der Waals surface area contributed by atoms with Gasteiger partial charge in [0.1, 0.15) is 0 Å². The first-order valence-electron chi connectivity index (χ1n) is 6.97. The molecule has 1 N–H and O–H groups in total. The third-order valence-corrected chi connectivity index (χ3v) is 3.49. The summed E-state index contributed by atoms with van der Waals surface area (Å²) in [5.74, 6) is 0. The molecule has 0 radical (unpaired) electrons. The monoisotopic (exact) mass is 254 g/mol. The Hall–Kier alpha value is -1.67. The number of rotatable bonds is 6. The van der Waals surface area contributed by atoms with Crippen LogP contribution < -0.4 is 5.32 Å². The third-order valence-electron chi connectivity index (χ3n) is 3.49. The number of pyridine rings is 1. The van der Waals surface area contributed by atoms with Crippen molar-refractivity contribution in [2.75, 3.05) is 0 Å². The normalized spacial score (nSPS) is 12.3. The van der Waals surface area contributed by atoms with Crippen LogP contribution in [0.25, 0.3) is 0 Å². The minimum absolute atomic E-state index is 0.504. The van der Waals surface area contributed by atoms with Crippen molar-refractivity contribution in [2.45, 2.75) is 39.3 Å². The molecule has 0 bridgehead atoms. The van der Waals surface area contributed by atoms with E-state index in [1.165, 1.54) is 11.1 Å². The van der Waals surface area contributed by atoms with Crippen molar-refractivity contribution in [1.82, 2.24) is 10.3 Å². The smallest absolute Gasteiger partial charge is 0.0570 e. The van der Waals surface area contributed by atoms with Gasteiger partial charge in [-0.2, -0.15) is 0 Å². The van der Waals surface area contributed by atoms with Crippen LogP contribution >= 0.6 is 0 Å². The molecular formula is C17H22N2. The molecule has 1 aromatic heterocycles. The second kappa shape index (κ2) is 7.05. The SMILES string of the molecule is CCC(Cc1ccccc1)NCc1ncccc1C. The summed E-state index contributed by atoms with van der Waals surface area (Å²) >= 11 is 0. The standard InChI is InChI=1S/C17H22N2/c1-3-16(12-15-9-5-4-6-10-15)19-13-17-14(2)8-7-11-18-17/h4-11,16,19H,3,12-13H2,1-2H3. The minimum Gasteiger partial charge on any atom is -0.308 e. The maximum Gasteiger partial charge on any atom is 0.0570 e. The van der Waals surface area contributed by atoms with E-state index in [9.17, 15) is 0 Å². The van der Waals surface area contributed by atoms with Crippen molar-refractivity contribution >= 4 is 0 Å². The van der Waals surface area contributed by atoms with Crippen molar-refractivity contribution in [3.8, 4) is 0 Å². The highest BCUT2D eigenvalue weighted by atomic mass is 14.9. The maximum absolute atomic E-state index is 4.43. The van der Waals surface area contributed by atoms with E-state index in [2.05, 4.69) is 60.5 Å². The molecule has 2 rings (SSSR count). The summed E-state index contributed by atoms with van der Waals surface area (Å²) in [5.41, 5.74) is 3.79. The summed E-state index contributed by atoms with van der Waals surface area (Å²) in [7, 11) is 0. The summed E-state index contributed by atoms with van der Waals surface area (Å²) in [6.07, 6.45) is 4.06. The van der Waals surface area contributed by atoms with Crippen LogP contribution in [-0.2, 0) is 13.0 Å². The number of nitrogens with zero attached hydrogens (tertiary/aromatic N) is 1. The van der Waals surface area contributed by atoms with Crippen LogP contribution in [0, 0.1) is 6.92 Å². The number of hydrogen-bond acceptors (Lipinski definition) is 2. The van der Waals surface area contributed by atoms with E-state index in [0.29, 0.717) is 6.04 Å². The molecule has 2 nitrogen and oxygen atoms in total. The first kappa shape index (κ1) is 13.8. The number of benzene rings is 1. The number of aryl methyl sites for hydroxylation is 1. The Morgan fingerprint density at radius 1 is 1.11 bits per heavy atom. The van der Waals surface area contributed by atoms with Crippen LogP contribution in [0.5, 0.6) is 0 Å². The van der Waals surface area contributed by atoms with E-state index in [1.54, 1.807) is 0 Å². The Morgan fingerprint density at radius 2 is 1.89 bits per heavy atom. The summed E-state index contributed by atoms with van der Waals surface area (Å²) in [6.45, 7) is 5.19. The third kappa shape index (κ3) is 4.18. The lowest BCUT2D eigenvalue weighted by Crippen LogP contribution is -2.30. The highest BCUT2D eigenvalue weighted by Crippen LogP contribution is 2.08.